The molecule has 1 aromatic heterocycles. The van der Waals surface area contributed by atoms with Crippen LogP contribution in [-0.2, 0) is 19.0 Å². The molecule has 0 amide bonds. The highest BCUT2D eigenvalue weighted by Gasteiger charge is 2.38. The minimum absolute atomic E-state index is 0.0456. The van der Waals surface area contributed by atoms with E-state index in [-0.39, 0.29) is 16.7 Å². The Kier molecular flexibility index (Phi) is 9.43. The van der Waals surface area contributed by atoms with Crippen LogP contribution in [0.3, 0.4) is 0 Å². The van der Waals surface area contributed by atoms with Crippen molar-refractivity contribution in [3.05, 3.63) is 131 Å². The molecule has 0 spiro atoms. The third-order valence-corrected chi connectivity index (χ3v) is 7.61. The molecule has 0 aliphatic carbocycles. The van der Waals surface area contributed by atoms with E-state index in [1.165, 1.54) is 30.3 Å². The molecule has 0 radical (unpaired) electrons. The molecule has 0 aliphatic heterocycles. The highest BCUT2D eigenvalue weighted by molar-refractivity contribution is 5.70. The molecule has 226 valence electrons. The van der Waals surface area contributed by atoms with Gasteiger partial charge in [0.2, 0.25) is 0 Å². The summed E-state index contributed by atoms with van der Waals surface area (Å²) in [6.45, 7) is 4.14. The van der Waals surface area contributed by atoms with Crippen LogP contribution < -0.4 is 4.74 Å². The van der Waals surface area contributed by atoms with Crippen molar-refractivity contribution in [2.45, 2.75) is 52.1 Å². The second kappa shape index (κ2) is 13.4. The average molecular weight is 602 g/mol. The molecule has 0 aliphatic rings. The van der Waals surface area contributed by atoms with Crippen molar-refractivity contribution in [3.8, 4) is 39.3 Å². The van der Waals surface area contributed by atoms with Gasteiger partial charge in [0.15, 0.2) is 0 Å². The third-order valence-electron chi connectivity index (χ3n) is 7.61. The lowest BCUT2D eigenvalue weighted by Gasteiger charge is -2.20. The van der Waals surface area contributed by atoms with E-state index in [2.05, 4.69) is 11.9 Å². The summed E-state index contributed by atoms with van der Waals surface area (Å²) in [7, 11) is 0. The van der Waals surface area contributed by atoms with Gasteiger partial charge in [0.1, 0.15) is 23.2 Å². The van der Waals surface area contributed by atoms with Crippen LogP contribution in [-0.4, -0.2) is 4.98 Å². The van der Waals surface area contributed by atoms with Gasteiger partial charge >= 0.3 is 6.11 Å². The number of aryl methyl sites for hydroxylation is 2. The number of benzene rings is 4. The molecule has 0 bridgehead atoms. The summed E-state index contributed by atoms with van der Waals surface area (Å²) < 4.78 is 79.8. The van der Waals surface area contributed by atoms with Crippen LogP contribution in [0.1, 0.15) is 49.8 Å². The first-order chi connectivity index (χ1) is 21.2. The molecule has 1 heterocycles. The van der Waals surface area contributed by atoms with Crippen LogP contribution in [0.15, 0.2) is 97.2 Å². The molecule has 2 nitrogen and oxygen atoms in total. The third kappa shape index (κ3) is 6.99. The van der Waals surface area contributed by atoms with E-state index in [0.29, 0.717) is 16.8 Å². The Morgan fingerprint density at radius 2 is 1.27 bits per heavy atom. The summed E-state index contributed by atoms with van der Waals surface area (Å²) >= 11 is 0. The standard InChI is InChI=1S/C37H32F5NO/c1-3-5-6-7-25-10-19-36(43-23-25)28-13-16-31(33(38)21-28)27-14-18-32(35(40)20-27)37(41,42)44-29-15-17-30(34(39)22-29)26-11-8-24(4-2)9-12-26/h8-23H,3-7H2,1-2H3. The molecule has 0 saturated carbocycles. The Labute approximate surface area is 254 Å². The second-order valence-electron chi connectivity index (χ2n) is 10.7. The number of nitrogens with zero attached hydrogens (tertiary/aromatic N) is 1. The van der Waals surface area contributed by atoms with E-state index in [0.717, 1.165) is 61.4 Å². The highest BCUT2D eigenvalue weighted by Crippen LogP contribution is 2.37. The smallest absolute Gasteiger partial charge is 0.429 e. The number of aromatic nitrogens is 1. The van der Waals surface area contributed by atoms with Crippen LogP contribution in [0.2, 0.25) is 0 Å². The molecule has 5 rings (SSSR count). The van der Waals surface area contributed by atoms with E-state index in [9.17, 15) is 4.39 Å². The first kappa shape index (κ1) is 30.9. The summed E-state index contributed by atoms with van der Waals surface area (Å²) in [5.41, 5.74) is 3.20. The van der Waals surface area contributed by atoms with Crippen molar-refractivity contribution in [1.82, 2.24) is 4.98 Å². The van der Waals surface area contributed by atoms with Gasteiger partial charge in [-0.05, 0) is 77.9 Å². The predicted molar refractivity (Wildman–Crippen MR) is 164 cm³/mol. The Morgan fingerprint density at radius 1 is 0.636 bits per heavy atom. The van der Waals surface area contributed by atoms with E-state index >= 15 is 17.6 Å². The summed E-state index contributed by atoms with van der Waals surface area (Å²) in [6, 6.07) is 21.7. The number of alkyl halides is 2. The largest absolute Gasteiger partial charge is 0.429 e. The van der Waals surface area contributed by atoms with Crippen molar-refractivity contribution in [3.63, 3.8) is 0 Å². The molecule has 4 aromatic carbocycles. The summed E-state index contributed by atoms with van der Waals surface area (Å²) in [6.07, 6.45) is 2.77. The normalized spacial score (nSPS) is 11.5. The molecule has 0 unspecified atom stereocenters. The van der Waals surface area contributed by atoms with Gasteiger partial charge in [-0.2, -0.15) is 8.78 Å². The van der Waals surface area contributed by atoms with E-state index in [1.54, 1.807) is 24.4 Å². The molecular formula is C37H32F5NO. The zero-order valence-corrected chi connectivity index (χ0v) is 24.5. The lowest BCUT2D eigenvalue weighted by molar-refractivity contribution is -0.187. The molecule has 44 heavy (non-hydrogen) atoms. The fourth-order valence-corrected chi connectivity index (χ4v) is 5.07. The van der Waals surface area contributed by atoms with Crippen molar-refractivity contribution in [2.24, 2.45) is 0 Å². The summed E-state index contributed by atoms with van der Waals surface area (Å²) in [5.74, 6) is -3.15. The molecule has 0 fully saturated rings. The molecular weight excluding hydrogens is 569 g/mol. The Hall–Kier alpha value is -4.52. The van der Waals surface area contributed by atoms with E-state index < -0.39 is 34.9 Å². The Morgan fingerprint density at radius 3 is 1.91 bits per heavy atom. The Bertz CT molecular complexity index is 1730. The lowest BCUT2D eigenvalue weighted by atomic mass is 9.99. The maximum absolute atomic E-state index is 15.1. The lowest BCUT2D eigenvalue weighted by Crippen LogP contribution is -2.23. The minimum Gasteiger partial charge on any atom is -0.429 e. The first-order valence-corrected chi connectivity index (χ1v) is 14.7. The van der Waals surface area contributed by atoms with Crippen LogP contribution in [0.4, 0.5) is 22.0 Å². The SMILES string of the molecule is CCCCCc1ccc(-c2ccc(-c3ccc(C(F)(F)Oc4ccc(-c5ccc(CC)cc5)c(F)c4)c(F)c3)c(F)c2)nc1. The van der Waals surface area contributed by atoms with Crippen molar-refractivity contribution in [1.29, 1.82) is 0 Å². The summed E-state index contributed by atoms with van der Waals surface area (Å²) in [5, 5.41) is 0. The van der Waals surface area contributed by atoms with E-state index in [4.69, 9.17) is 4.74 Å². The number of ether oxygens (including phenoxy) is 1. The van der Waals surface area contributed by atoms with Gasteiger partial charge in [0.25, 0.3) is 0 Å². The van der Waals surface area contributed by atoms with Crippen LogP contribution in [0, 0.1) is 17.5 Å². The zero-order valence-electron chi connectivity index (χ0n) is 24.5. The van der Waals surface area contributed by atoms with Gasteiger partial charge in [-0.1, -0.05) is 75.2 Å². The maximum Gasteiger partial charge on any atom is 0.429 e. The Balaban J connectivity index is 1.31. The number of hydrogen-bond acceptors (Lipinski definition) is 2. The number of hydrogen-bond donors (Lipinski definition) is 0. The highest BCUT2D eigenvalue weighted by atomic mass is 19.3. The average Bonchev–Trinajstić information content (AvgIpc) is 3.01. The zero-order chi connectivity index (χ0) is 31.3. The van der Waals surface area contributed by atoms with Crippen molar-refractivity contribution < 1.29 is 26.7 Å². The van der Waals surface area contributed by atoms with Crippen LogP contribution >= 0.6 is 0 Å². The monoisotopic (exact) mass is 601 g/mol. The number of rotatable bonds is 11. The fraction of sp³-hybridized carbons (Fsp3) is 0.216. The van der Waals surface area contributed by atoms with Gasteiger partial charge in [-0.15, -0.1) is 0 Å². The molecule has 0 atom stereocenters. The summed E-state index contributed by atoms with van der Waals surface area (Å²) in [4.78, 5) is 4.44. The topological polar surface area (TPSA) is 22.1 Å². The molecule has 5 aromatic rings. The predicted octanol–water partition coefficient (Wildman–Crippen LogP) is 10.9. The minimum atomic E-state index is -4.11. The second-order valence-corrected chi connectivity index (χ2v) is 10.7. The van der Waals surface area contributed by atoms with Crippen LogP contribution in [0.5, 0.6) is 5.75 Å². The number of halogens is 5. The molecule has 7 heteroatoms. The molecule has 0 N–H and O–H groups in total. The van der Waals surface area contributed by atoms with Crippen LogP contribution in [0.25, 0.3) is 33.5 Å². The first-order valence-electron chi connectivity index (χ1n) is 14.7. The van der Waals surface area contributed by atoms with Crippen molar-refractivity contribution >= 4 is 0 Å². The van der Waals surface area contributed by atoms with Gasteiger partial charge < -0.3 is 4.74 Å². The van der Waals surface area contributed by atoms with Gasteiger partial charge in [0, 0.05) is 29.0 Å². The number of pyridine rings is 1. The van der Waals surface area contributed by atoms with Crippen molar-refractivity contribution in [2.75, 3.05) is 0 Å². The quantitative estimate of drug-likeness (QED) is 0.111. The van der Waals surface area contributed by atoms with Gasteiger partial charge in [-0.25, -0.2) is 13.2 Å². The maximum atomic E-state index is 15.1. The van der Waals surface area contributed by atoms with Gasteiger partial charge in [-0.3, -0.25) is 4.98 Å². The number of unbranched alkanes of at least 4 members (excludes halogenated alkanes) is 2. The van der Waals surface area contributed by atoms with E-state index in [1.807, 2.05) is 31.2 Å². The molecule has 0 saturated heterocycles. The fourth-order valence-electron chi connectivity index (χ4n) is 5.07. The van der Waals surface area contributed by atoms with Gasteiger partial charge in [0.05, 0.1) is 11.3 Å².